The van der Waals surface area contributed by atoms with Crippen LogP contribution in [0.2, 0.25) is 0 Å². The fourth-order valence-corrected chi connectivity index (χ4v) is 4.52. The van der Waals surface area contributed by atoms with Gasteiger partial charge in [0.25, 0.3) is 12.1 Å². The van der Waals surface area contributed by atoms with E-state index in [2.05, 4.69) is 73.8 Å². The highest BCUT2D eigenvalue weighted by Gasteiger charge is 2.34. The number of benzene rings is 2. The predicted molar refractivity (Wildman–Crippen MR) is 206 cm³/mol. The van der Waals surface area contributed by atoms with Crippen molar-refractivity contribution < 1.29 is 31.5 Å². The number of rotatable bonds is 9. The van der Waals surface area contributed by atoms with E-state index >= 15 is 0 Å². The standard InChI is InChI=1S/C19H25N2.C11H11F5.C6H12O2.C4H8.C2H6/c1-5-11-21(12-6-2)16(4)15(3)13-17-7-8-19-18(14-17)9-10-20-19;1-3-7-4-5-8(11(14,15)16)6-9(7)10(2,12)13;1-5(7)8-6(2,3)4;1-4(2)3;1-2/h7-10,13-14H,4-6,11-12H2,1-3H3;4-6H,3H2,1-2H3;1-4H3;1H2,2-3H3;1-2H3/q+1;;;;/b15-13+;;;;. The molecule has 4 nitrogen and oxygen atoms in total. The van der Waals surface area contributed by atoms with Gasteiger partial charge in [0.05, 0.1) is 10.8 Å². The Morgan fingerprint density at radius 2 is 1.39 bits per heavy atom. The summed E-state index contributed by atoms with van der Waals surface area (Å²) in [6.45, 7) is 33.7. The van der Waals surface area contributed by atoms with Crippen LogP contribution in [0.3, 0.4) is 0 Å². The van der Waals surface area contributed by atoms with Gasteiger partial charge in [-0.25, -0.2) is 8.78 Å². The molecule has 0 saturated heterocycles. The Hall–Kier alpha value is -3.97. The molecule has 0 aromatic heterocycles. The molecule has 0 aliphatic carbocycles. The maximum Gasteiger partial charge on any atom is 0.416 e. The highest BCUT2D eigenvalue weighted by atomic mass is 19.4. The van der Waals surface area contributed by atoms with E-state index in [1.165, 1.54) is 28.9 Å². The van der Waals surface area contributed by atoms with Gasteiger partial charge in [-0.15, -0.1) is 6.58 Å². The highest BCUT2D eigenvalue weighted by Crippen LogP contribution is 2.36. The van der Waals surface area contributed by atoms with E-state index in [1.807, 2.05) is 54.7 Å². The molecule has 3 rings (SSSR count). The van der Waals surface area contributed by atoms with E-state index < -0.39 is 23.2 Å². The van der Waals surface area contributed by atoms with Crippen LogP contribution in [-0.2, 0) is 28.1 Å². The Morgan fingerprint density at radius 3 is 1.78 bits per heavy atom. The Labute approximate surface area is 304 Å². The molecule has 0 bridgehead atoms. The lowest BCUT2D eigenvalue weighted by atomic mass is 9.97. The molecule has 2 aromatic rings. The number of hydrogen-bond donors (Lipinski definition) is 0. The van der Waals surface area contributed by atoms with Gasteiger partial charge in [-0.2, -0.15) is 13.2 Å². The summed E-state index contributed by atoms with van der Waals surface area (Å²) in [6, 6.07) is 8.84. The van der Waals surface area contributed by atoms with Crippen molar-refractivity contribution in [1.29, 1.82) is 0 Å². The van der Waals surface area contributed by atoms with Crippen LogP contribution in [0, 0.1) is 0 Å². The number of hydrogen-bond acceptors (Lipinski definition) is 3. The molecule has 0 fully saturated rings. The zero-order chi connectivity index (χ0) is 40.2. The minimum Gasteiger partial charge on any atom is -0.460 e. The maximum atomic E-state index is 13.1. The summed E-state index contributed by atoms with van der Waals surface area (Å²) in [4.78, 5) is 12.6. The number of ether oxygens (including phenoxy) is 1. The van der Waals surface area contributed by atoms with Crippen LogP contribution in [0.25, 0.3) is 12.2 Å². The number of carbonyl (C=O) groups excluding carboxylic acids is 1. The highest BCUT2D eigenvalue weighted by molar-refractivity contribution is 5.91. The fourth-order valence-electron chi connectivity index (χ4n) is 4.52. The van der Waals surface area contributed by atoms with E-state index in [-0.39, 0.29) is 23.6 Å². The number of esters is 1. The lowest BCUT2D eigenvalue weighted by Gasteiger charge is -2.26. The molecule has 0 amide bonds. The van der Waals surface area contributed by atoms with Crippen molar-refractivity contribution in [1.82, 2.24) is 9.57 Å². The molecular weight excluding hydrogens is 659 g/mol. The molecule has 0 atom stereocenters. The number of carbonyl (C=O) groups is 1. The summed E-state index contributed by atoms with van der Waals surface area (Å²) in [7, 11) is 0. The molecule has 51 heavy (non-hydrogen) atoms. The Bertz CT molecular complexity index is 1580. The van der Waals surface area contributed by atoms with Crippen LogP contribution in [0.4, 0.5) is 22.0 Å². The zero-order valence-corrected chi connectivity index (χ0v) is 33.2. The van der Waals surface area contributed by atoms with E-state index in [0.29, 0.717) is 13.0 Å². The van der Waals surface area contributed by atoms with Gasteiger partial charge in [-0.05, 0) is 108 Å². The van der Waals surface area contributed by atoms with Crippen molar-refractivity contribution in [2.75, 3.05) is 13.1 Å². The molecule has 0 saturated carbocycles. The third kappa shape index (κ3) is 21.1. The van der Waals surface area contributed by atoms with Gasteiger partial charge < -0.3 is 9.64 Å². The normalized spacial score (nSPS) is 11.6. The summed E-state index contributed by atoms with van der Waals surface area (Å²) < 4.78 is 72.3. The van der Waals surface area contributed by atoms with Crippen molar-refractivity contribution >= 4 is 24.3 Å². The third-order valence-corrected chi connectivity index (χ3v) is 6.47. The maximum absolute atomic E-state index is 13.1. The average molecular weight is 722 g/mol. The molecule has 1 heterocycles. The van der Waals surface area contributed by atoms with Crippen LogP contribution < -0.4 is 15.2 Å². The molecule has 286 valence electrons. The van der Waals surface area contributed by atoms with Crippen molar-refractivity contribution in [3.05, 3.63) is 99.2 Å². The molecule has 2 aromatic carbocycles. The smallest absolute Gasteiger partial charge is 0.416 e. The summed E-state index contributed by atoms with van der Waals surface area (Å²) in [5, 5.41) is 2.25. The molecule has 0 spiro atoms. The first-order valence-electron chi connectivity index (χ1n) is 17.5. The molecular formula is C42H62F5N2O2+. The second kappa shape index (κ2) is 23.5. The minimum absolute atomic E-state index is 0.225. The summed E-state index contributed by atoms with van der Waals surface area (Å²) in [6.07, 6.45) is 4.11. The molecule has 0 radical (unpaired) electrons. The number of fused-ring (bicyclic) bond motifs is 1. The van der Waals surface area contributed by atoms with Gasteiger partial charge in [0, 0.05) is 50.3 Å². The second-order valence-electron chi connectivity index (χ2n) is 13.0. The lowest BCUT2D eigenvalue weighted by Crippen LogP contribution is -2.25. The summed E-state index contributed by atoms with van der Waals surface area (Å²) >= 11 is 0. The number of aryl methyl sites for hydroxylation is 1. The molecule has 1 aliphatic rings. The van der Waals surface area contributed by atoms with Crippen molar-refractivity contribution in [3.63, 3.8) is 0 Å². The number of nitrogens with zero attached hydrogens (tertiary/aromatic N) is 2. The quantitative estimate of drug-likeness (QED) is 0.0851. The van der Waals surface area contributed by atoms with Crippen molar-refractivity contribution in [3.8, 4) is 0 Å². The zero-order valence-electron chi connectivity index (χ0n) is 33.2. The lowest BCUT2D eigenvalue weighted by molar-refractivity contribution is -0.151. The van der Waals surface area contributed by atoms with Crippen LogP contribution in [0.5, 0.6) is 0 Å². The first-order valence-corrected chi connectivity index (χ1v) is 17.5. The Balaban J connectivity index is 0. The van der Waals surface area contributed by atoms with Crippen LogP contribution in [-0.4, -0.2) is 35.8 Å². The topological polar surface area (TPSA) is 43.6 Å². The molecule has 0 N–H and O–H groups in total. The van der Waals surface area contributed by atoms with Crippen LogP contribution >= 0.6 is 0 Å². The second-order valence-corrected chi connectivity index (χ2v) is 13.0. The molecule has 0 unspecified atom stereocenters. The van der Waals surface area contributed by atoms with Gasteiger partial charge in [0.15, 0.2) is 0 Å². The van der Waals surface area contributed by atoms with Crippen molar-refractivity contribution in [2.45, 2.75) is 127 Å². The Morgan fingerprint density at radius 1 is 0.863 bits per heavy atom. The summed E-state index contributed by atoms with van der Waals surface area (Å²) in [5.41, 5.74) is 3.06. The van der Waals surface area contributed by atoms with E-state index in [9.17, 15) is 26.7 Å². The predicted octanol–water partition coefficient (Wildman–Crippen LogP) is 10.6. The third-order valence-electron chi connectivity index (χ3n) is 6.47. The number of alkyl halides is 5. The largest absolute Gasteiger partial charge is 0.460 e. The number of halogens is 5. The number of allylic oxidation sites excluding steroid dienone is 2. The molecule has 1 aliphatic heterocycles. The van der Waals surface area contributed by atoms with Gasteiger partial charge in [-0.1, -0.05) is 57.5 Å². The van der Waals surface area contributed by atoms with E-state index in [4.69, 9.17) is 4.74 Å². The van der Waals surface area contributed by atoms with Gasteiger partial charge in [0.2, 0.25) is 0 Å². The average Bonchev–Trinajstić information content (AvgIpc) is 3.47. The van der Waals surface area contributed by atoms with E-state index in [0.717, 1.165) is 49.1 Å². The summed E-state index contributed by atoms with van der Waals surface area (Å²) in [5.74, 6) is -3.48. The van der Waals surface area contributed by atoms with E-state index in [1.54, 1.807) is 6.92 Å². The fraction of sp³-hybridized carbons (Fsp3) is 0.500. The van der Waals surface area contributed by atoms with Crippen molar-refractivity contribution in [2.24, 2.45) is 0 Å². The first-order chi connectivity index (χ1) is 23.5. The minimum atomic E-state index is -4.59. The monoisotopic (exact) mass is 721 g/mol. The Kier molecular flexibility index (Phi) is 22.6. The first kappa shape index (κ1) is 49.1. The van der Waals surface area contributed by atoms with Crippen LogP contribution in [0.1, 0.15) is 125 Å². The molecule has 9 heteroatoms. The van der Waals surface area contributed by atoms with Gasteiger partial charge >= 0.3 is 17.5 Å². The van der Waals surface area contributed by atoms with Gasteiger partial charge in [0.1, 0.15) is 5.60 Å². The van der Waals surface area contributed by atoms with Crippen LogP contribution in [0.15, 0.2) is 66.4 Å². The van der Waals surface area contributed by atoms with Gasteiger partial charge in [-0.3, -0.25) is 4.79 Å². The SMILES string of the molecule is C=C(/C(C)=C/c1ccc2c(c1)=CC=[N+]=2)N(CCC)CCC.C=C(C)C.CC.CC(=O)OC(C)(C)C.CCc1ccc(C(F)(F)F)cc1C(C)(F)F.